The van der Waals surface area contributed by atoms with Crippen LogP contribution in [0.3, 0.4) is 0 Å². The predicted molar refractivity (Wildman–Crippen MR) is 59.7 cm³/mol. The lowest BCUT2D eigenvalue weighted by atomic mass is 10.3. The van der Waals surface area contributed by atoms with Crippen molar-refractivity contribution in [3.05, 3.63) is 47.5 Å². The fourth-order valence-electron chi connectivity index (χ4n) is 1.40. The van der Waals surface area contributed by atoms with Gasteiger partial charge in [0.2, 0.25) is 0 Å². The number of hydrogen-bond acceptors (Lipinski definition) is 3. The van der Waals surface area contributed by atoms with Gasteiger partial charge < -0.3 is 9.73 Å². The van der Waals surface area contributed by atoms with Gasteiger partial charge in [-0.15, -0.1) is 0 Å². The smallest absolute Gasteiger partial charge is 0.126 e. The molecule has 0 radical (unpaired) electrons. The Morgan fingerprint density at radius 3 is 2.80 bits per heavy atom. The molecule has 0 fully saturated rings. The van der Waals surface area contributed by atoms with E-state index in [1.807, 2.05) is 38.1 Å². The van der Waals surface area contributed by atoms with Gasteiger partial charge in [0.25, 0.3) is 0 Å². The Labute approximate surface area is 89.1 Å². The molecule has 3 heteroatoms. The van der Waals surface area contributed by atoms with Crippen LogP contribution in [0.1, 0.15) is 17.0 Å². The molecule has 0 aromatic carbocycles. The van der Waals surface area contributed by atoms with E-state index in [9.17, 15) is 0 Å². The highest BCUT2D eigenvalue weighted by molar-refractivity contribution is 5.36. The molecule has 0 aliphatic heterocycles. The summed E-state index contributed by atoms with van der Waals surface area (Å²) in [6.45, 7) is 4.68. The highest BCUT2D eigenvalue weighted by Gasteiger charge is 2.01. The van der Waals surface area contributed by atoms with E-state index in [0.717, 1.165) is 22.8 Å². The zero-order chi connectivity index (χ0) is 10.7. The van der Waals surface area contributed by atoms with Gasteiger partial charge in [0.1, 0.15) is 11.6 Å². The van der Waals surface area contributed by atoms with Crippen molar-refractivity contribution in [2.24, 2.45) is 0 Å². The fraction of sp³-hybridized carbons (Fsp3) is 0.250. The highest BCUT2D eigenvalue weighted by Crippen LogP contribution is 2.11. The standard InChI is InChI=1S/C12H14N2O/c1-9-6-7-15-11(9)8-13-12-5-3-4-10(2)14-12/h3-7H,8H2,1-2H3,(H,13,14). The molecule has 2 aromatic heterocycles. The molecule has 0 saturated carbocycles. The SMILES string of the molecule is Cc1cccc(NCc2occc2C)n1. The van der Waals surface area contributed by atoms with E-state index in [2.05, 4.69) is 10.3 Å². The summed E-state index contributed by atoms with van der Waals surface area (Å²) in [5.41, 5.74) is 2.17. The van der Waals surface area contributed by atoms with Crippen LogP contribution in [0.25, 0.3) is 0 Å². The van der Waals surface area contributed by atoms with E-state index in [1.54, 1.807) is 6.26 Å². The van der Waals surface area contributed by atoms with Crippen molar-refractivity contribution < 1.29 is 4.42 Å². The summed E-state index contributed by atoms with van der Waals surface area (Å²) < 4.78 is 5.33. The lowest BCUT2D eigenvalue weighted by Gasteiger charge is -2.04. The summed E-state index contributed by atoms with van der Waals surface area (Å²) >= 11 is 0. The van der Waals surface area contributed by atoms with E-state index < -0.39 is 0 Å². The van der Waals surface area contributed by atoms with Crippen molar-refractivity contribution in [1.29, 1.82) is 0 Å². The second kappa shape index (κ2) is 4.17. The number of nitrogens with one attached hydrogen (secondary N) is 1. The van der Waals surface area contributed by atoms with Crippen molar-refractivity contribution in [1.82, 2.24) is 4.98 Å². The molecular weight excluding hydrogens is 188 g/mol. The molecule has 0 atom stereocenters. The molecule has 2 aromatic rings. The Kier molecular flexibility index (Phi) is 2.72. The molecule has 78 valence electrons. The van der Waals surface area contributed by atoms with Gasteiger partial charge in [-0.3, -0.25) is 0 Å². The second-order valence-corrected chi connectivity index (χ2v) is 3.54. The van der Waals surface area contributed by atoms with Crippen LogP contribution in [0.5, 0.6) is 0 Å². The molecule has 3 nitrogen and oxygen atoms in total. The first-order valence-electron chi connectivity index (χ1n) is 4.96. The van der Waals surface area contributed by atoms with Crippen LogP contribution < -0.4 is 5.32 Å². The molecule has 0 unspecified atom stereocenters. The highest BCUT2D eigenvalue weighted by atomic mass is 16.3. The topological polar surface area (TPSA) is 38.1 Å². The molecule has 0 aliphatic carbocycles. The van der Waals surface area contributed by atoms with Gasteiger partial charge in [-0.05, 0) is 37.6 Å². The summed E-state index contributed by atoms with van der Waals surface area (Å²) in [4.78, 5) is 4.35. The third-order valence-electron chi connectivity index (χ3n) is 2.29. The van der Waals surface area contributed by atoms with Gasteiger partial charge >= 0.3 is 0 Å². The lowest BCUT2D eigenvalue weighted by Crippen LogP contribution is -2.01. The summed E-state index contributed by atoms with van der Waals surface area (Å²) in [5.74, 6) is 1.84. The van der Waals surface area contributed by atoms with Crippen LogP contribution in [-0.2, 0) is 6.54 Å². The quantitative estimate of drug-likeness (QED) is 0.831. The van der Waals surface area contributed by atoms with Crippen LogP contribution in [0, 0.1) is 13.8 Å². The Hall–Kier alpha value is -1.77. The molecule has 0 saturated heterocycles. The second-order valence-electron chi connectivity index (χ2n) is 3.54. The Bertz CT molecular complexity index is 448. The average Bonchev–Trinajstić information content (AvgIpc) is 2.61. The molecular formula is C12H14N2O. The first kappa shape index (κ1) is 9.77. The van der Waals surface area contributed by atoms with Crippen molar-refractivity contribution >= 4 is 5.82 Å². The Morgan fingerprint density at radius 1 is 1.27 bits per heavy atom. The zero-order valence-electron chi connectivity index (χ0n) is 8.95. The summed E-state index contributed by atoms with van der Waals surface area (Å²) in [6, 6.07) is 7.87. The number of anilines is 1. The molecule has 2 heterocycles. The first-order valence-corrected chi connectivity index (χ1v) is 4.96. The number of furan rings is 1. The third kappa shape index (κ3) is 2.37. The molecule has 0 amide bonds. The average molecular weight is 202 g/mol. The maximum Gasteiger partial charge on any atom is 0.126 e. The van der Waals surface area contributed by atoms with E-state index in [-0.39, 0.29) is 0 Å². The summed E-state index contributed by atoms with van der Waals surface area (Å²) in [7, 11) is 0. The maximum absolute atomic E-state index is 5.33. The number of hydrogen-bond donors (Lipinski definition) is 1. The van der Waals surface area contributed by atoms with E-state index >= 15 is 0 Å². The summed E-state index contributed by atoms with van der Waals surface area (Å²) in [5, 5.41) is 3.22. The Morgan fingerprint density at radius 2 is 2.13 bits per heavy atom. The van der Waals surface area contributed by atoms with Crippen LogP contribution in [-0.4, -0.2) is 4.98 Å². The zero-order valence-corrected chi connectivity index (χ0v) is 8.95. The van der Waals surface area contributed by atoms with Crippen LogP contribution in [0.2, 0.25) is 0 Å². The minimum absolute atomic E-state index is 0.676. The predicted octanol–water partition coefficient (Wildman–Crippen LogP) is 2.90. The first-order chi connectivity index (χ1) is 7.25. The van der Waals surface area contributed by atoms with Crippen molar-refractivity contribution in [2.45, 2.75) is 20.4 Å². The molecule has 0 spiro atoms. The van der Waals surface area contributed by atoms with Crippen LogP contribution >= 0.6 is 0 Å². The number of nitrogens with zero attached hydrogens (tertiary/aromatic N) is 1. The number of aryl methyl sites for hydroxylation is 2. The normalized spacial score (nSPS) is 10.3. The van der Waals surface area contributed by atoms with Gasteiger partial charge in [0.05, 0.1) is 12.8 Å². The van der Waals surface area contributed by atoms with Crippen molar-refractivity contribution in [3.8, 4) is 0 Å². The van der Waals surface area contributed by atoms with E-state index in [1.165, 1.54) is 0 Å². The van der Waals surface area contributed by atoms with Crippen LogP contribution in [0.15, 0.2) is 34.9 Å². The molecule has 1 N–H and O–H groups in total. The monoisotopic (exact) mass is 202 g/mol. The number of aromatic nitrogens is 1. The van der Waals surface area contributed by atoms with E-state index in [4.69, 9.17) is 4.42 Å². The lowest BCUT2D eigenvalue weighted by molar-refractivity contribution is 0.515. The summed E-state index contributed by atoms with van der Waals surface area (Å²) in [6.07, 6.45) is 1.70. The number of rotatable bonds is 3. The fourth-order valence-corrected chi connectivity index (χ4v) is 1.40. The van der Waals surface area contributed by atoms with Gasteiger partial charge in [0.15, 0.2) is 0 Å². The van der Waals surface area contributed by atoms with Gasteiger partial charge in [0, 0.05) is 5.69 Å². The van der Waals surface area contributed by atoms with Gasteiger partial charge in [-0.25, -0.2) is 4.98 Å². The molecule has 0 bridgehead atoms. The third-order valence-corrected chi connectivity index (χ3v) is 2.29. The van der Waals surface area contributed by atoms with Crippen molar-refractivity contribution in [3.63, 3.8) is 0 Å². The largest absolute Gasteiger partial charge is 0.467 e. The van der Waals surface area contributed by atoms with Gasteiger partial charge in [-0.2, -0.15) is 0 Å². The Balaban J connectivity index is 2.02. The van der Waals surface area contributed by atoms with Crippen LogP contribution in [0.4, 0.5) is 5.82 Å². The minimum atomic E-state index is 0.676. The minimum Gasteiger partial charge on any atom is -0.467 e. The van der Waals surface area contributed by atoms with E-state index in [0.29, 0.717) is 6.54 Å². The molecule has 2 rings (SSSR count). The molecule has 0 aliphatic rings. The maximum atomic E-state index is 5.33. The molecule has 15 heavy (non-hydrogen) atoms. The van der Waals surface area contributed by atoms with Gasteiger partial charge in [-0.1, -0.05) is 6.07 Å². The number of pyridine rings is 1. The van der Waals surface area contributed by atoms with Crippen molar-refractivity contribution in [2.75, 3.05) is 5.32 Å².